The summed E-state index contributed by atoms with van der Waals surface area (Å²) in [6.07, 6.45) is 2.26. The van der Waals surface area contributed by atoms with E-state index in [9.17, 15) is 9.59 Å². The number of carbonyl (C=O) groups is 2. The summed E-state index contributed by atoms with van der Waals surface area (Å²) in [7, 11) is 0. The fourth-order valence-corrected chi connectivity index (χ4v) is 4.52. The molecular formula is C31H27N3O2. The monoisotopic (exact) mass is 473 g/mol. The largest absolute Gasteiger partial charge is 0.361 e. The second-order valence-corrected chi connectivity index (χ2v) is 8.73. The Morgan fingerprint density at radius 1 is 0.667 bits per heavy atom. The van der Waals surface area contributed by atoms with E-state index in [0.717, 1.165) is 27.6 Å². The minimum Gasteiger partial charge on any atom is -0.361 e. The zero-order chi connectivity index (χ0) is 24.7. The Morgan fingerprint density at radius 2 is 1.22 bits per heavy atom. The molecule has 1 atom stereocenters. The number of benzene rings is 4. The van der Waals surface area contributed by atoms with Crippen molar-refractivity contribution in [3.05, 3.63) is 138 Å². The van der Waals surface area contributed by atoms with Crippen LogP contribution >= 0.6 is 0 Å². The number of rotatable bonds is 8. The number of amides is 2. The topological polar surface area (TPSA) is 74.0 Å². The van der Waals surface area contributed by atoms with Gasteiger partial charge in [0.15, 0.2) is 0 Å². The lowest BCUT2D eigenvalue weighted by atomic mass is 9.90. The Hall–Kier alpha value is -4.64. The summed E-state index contributed by atoms with van der Waals surface area (Å²) >= 11 is 0. The highest BCUT2D eigenvalue weighted by Crippen LogP contribution is 2.26. The van der Waals surface area contributed by atoms with Crippen molar-refractivity contribution in [2.45, 2.75) is 18.4 Å². The van der Waals surface area contributed by atoms with E-state index in [1.807, 2.05) is 121 Å². The molecule has 1 aromatic heterocycles. The average Bonchev–Trinajstić information content (AvgIpc) is 3.33. The number of hydrogen-bond acceptors (Lipinski definition) is 2. The standard InChI is InChI=1S/C31H27N3O2/c35-30(33-25-16-8-3-9-17-25)28(20-24-21-32-27-19-11-10-18-26(24)27)34-31(36)29(22-12-4-1-5-13-22)23-14-6-2-7-15-23/h1-19,21,28-29,32H,20H2,(H,33,35)(H,34,36)/t28-/m0/s1. The quantitative estimate of drug-likeness (QED) is 0.272. The molecule has 5 rings (SSSR count). The molecule has 0 aliphatic heterocycles. The molecule has 0 fully saturated rings. The zero-order valence-electron chi connectivity index (χ0n) is 19.7. The number of H-pyrrole nitrogens is 1. The number of aromatic nitrogens is 1. The maximum Gasteiger partial charge on any atom is 0.247 e. The van der Waals surface area contributed by atoms with Crippen LogP contribution in [0.2, 0.25) is 0 Å². The lowest BCUT2D eigenvalue weighted by Gasteiger charge is -2.23. The first-order chi connectivity index (χ1) is 17.7. The second kappa shape index (κ2) is 10.7. The maximum atomic E-state index is 13.8. The molecule has 0 aliphatic rings. The highest BCUT2D eigenvalue weighted by atomic mass is 16.2. The van der Waals surface area contributed by atoms with Gasteiger partial charge in [-0.15, -0.1) is 0 Å². The Morgan fingerprint density at radius 3 is 1.86 bits per heavy atom. The van der Waals surface area contributed by atoms with Crippen LogP contribution in [0.15, 0.2) is 121 Å². The predicted octanol–water partition coefficient (Wildman–Crippen LogP) is 5.67. The van der Waals surface area contributed by atoms with Gasteiger partial charge in [-0.1, -0.05) is 97.1 Å². The van der Waals surface area contributed by atoms with Gasteiger partial charge in [0, 0.05) is 29.2 Å². The van der Waals surface area contributed by atoms with E-state index in [1.165, 1.54) is 0 Å². The number of fused-ring (bicyclic) bond motifs is 1. The van der Waals surface area contributed by atoms with Gasteiger partial charge in [-0.25, -0.2) is 0 Å². The summed E-state index contributed by atoms with van der Waals surface area (Å²) < 4.78 is 0. The minimum atomic E-state index is -0.771. The number of aromatic amines is 1. The Bertz CT molecular complexity index is 1410. The summed E-state index contributed by atoms with van der Waals surface area (Å²) in [6.45, 7) is 0. The summed E-state index contributed by atoms with van der Waals surface area (Å²) in [5, 5.41) is 7.07. The molecule has 36 heavy (non-hydrogen) atoms. The molecule has 0 bridgehead atoms. The van der Waals surface area contributed by atoms with E-state index in [1.54, 1.807) is 0 Å². The van der Waals surface area contributed by atoms with Crippen LogP contribution in [0.25, 0.3) is 10.9 Å². The van der Waals surface area contributed by atoms with Crippen molar-refractivity contribution < 1.29 is 9.59 Å². The maximum absolute atomic E-state index is 13.8. The van der Waals surface area contributed by atoms with E-state index in [4.69, 9.17) is 0 Å². The van der Waals surface area contributed by atoms with Crippen molar-refractivity contribution in [1.29, 1.82) is 0 Å². The molecule has 0 saturated carbocycles. The van der Waals surface area contributed by atoms with Crippen molar-refractivity contribution in [2.24, 2.45) is 0 Å². The van der Waals surface area contributed by atoms with E-state index >= 15 is 0 Å². The van der Waals surface area contributed by atoms with Gasteiger partial charge in [0.25, 0.3) is 0 Å². The van der Waals surface area contributed by atoms with E-state index in [-0.39, 0.29) is 11.8 Å². The molecule has 5 nitrogen and oxygen atoms in total. The third-order valence-corrected chi connectivity index (χ3v) is 6.30. The summed E-state index contributed by atoms with van der Waals surface area (Å²) in [5.41, 5.74) is 4.39. The Balaban J connectivity index is 1.46. The van der Waals surface area contributed by atoms with Crippen molar-refractivity contribution in [3.63, 3.8) is 0 Å². The fourth-order valence-electron chi connectivity index (χ4n) is 4.52. The van der Waals surface area contributed by atoms with Crippen molar-refractivity contribution in [3.8, 4) is 0 Å². The predicted molar refractivity (Wildman–Crippen MR) is 144 cm³/mol. The second-order valence-electron chi connectivity index (χ2n) is 8.73. The van der Waals surface area contributed by atoms with Gasteiger partial charge in [-0.3, -0.25) is 9.59 Å². The zero-order valence-corrected chi connectivity index (χ0v) is 19.7. The lowest BCUT2D eigenvalue weighted by Crippen LogP contribution is -2.47. The first-order valence-corrected chi connectivity index (χ1v) is 12.0. The molecule has 5 heteroatoms. The highest BCUT2D eigenvalue weighted by Gasteiger charge is 2.28. The van der Waals surface area contributed by atoms with Gasteiger partial charge in [0.2, 0.25) is 11.8 Å². The lowest BCUT2D eigenvalue weighted by molar-refractivity contribution is -0.126. The number of nitrogens with one attached hydrogen (secondary N) is 3. The van der Waals surface area contributed by atoms with Crippen LogP contribution in [0.1, 0.15) is 22.6 Å². The van der Waals surface area contributed by atoms with E-state index < -0.39 is 12.0 Å². The van der Waals surface area contributed by atoms with Crippen molar-refractivity contribution in [1.82, 2.24) is 10.3 Å². The first kappa shape index (κ1) is 23.1. The number of para-hydroxylation sites is 2. The van der Waals surface area contributed by atoms with Crippen LogP contribution in [0.5, 0.6) is 0 Å². The molecule has 0 radical (unpaired) electrons. The molecular weight excluding hydrogens is 446 g/mol. The van der Waals surface area contributed by atoms with Crippen LogP contribution < -0.4 is 10.6 Å². The summed E-state index contributed by atoms with van der Waals surface area (Å²) in [4.78, 5) is 30.5. The van der Waals surface area contributed by atoms with Gasteiger partial charge in [-0.2, -0.15) is 0 Å². The highest BCUT2D eigenvalue weighted by molar-refractivity contribution is 5.99. The number of anilines is 1. The van der Waals surface area contributed by atoms with Crippen LogP contribution in [0.3, 0.4) is 0 Å². The van der Waals surface area contributed by atoms with Gasteiger partial charge in [0.05, 0.1) is 5.92 Å². The minimum absolute atomic E-state index is 0.222. The SMILES string of the molecule is O=C(N[C@@H](Cc1c[nH]c2ccccc12)C(=O)Nc1ccccc1)C(c1ccccc1)c1ccccc1. The van der Waals surface area contributed by atoms with E-state index in [0.29, 0.717) is 12.1 Å². The van der Waals surface area contributed by atoms with E-state index in [2.05, 4.69) is 15.6 Å². The molecule has 0 saturated heterocycles. The molecule has 0 aliphatic carbocycles. The third kappa shape index (κ3) is 5.20. The molecule has 178 valence electrons. The van der Waals surface area contributed by atoms with Gasteiger partial charge in [0.1, 0.15) is 6.04 Å². The molecule has 0 spiro atoms. The molecule has 4 aromatic carbocycles. The summed E-state index contributed by atoms with van der Waals surface area (Å²) in [6, 6.07) is 35.8. The normalized spacial score (nSPS) is 11.8. The molecule has 5 aromatic rings. The van der Waals surface area contributed by atoms with Gasteiger partial charge < -0.3 is 15.6 Å². The summed E-state index contributed by atoms with van der Waals surface area (Å²) in [5.74, 6) is -1.03. The Labute approximate surface area is 210 Å². The molecule has 2 amide bonds. The number of hydrogen-bond donors (Lipinski definition) is 3. The van der Waals surface area contributed by atoms with Crippen LogP contribution in [-0.4, -0.2) is 22.8 Å². The van der Waals surface area contributed by atoms with Crippen LogP contribution in [0.4, 0.5) is 5.69 Å². The third-order valence-electron chi connectivity index (χ3n) is 6.30. The average molecular weight is 474 g/mol. The first-order valence-electron chi connectivity index (χ1n) is 12.0. The van der Waals surface area contributed by atoms with Crippen LogP contribution in [0, 0.1) is 0 Å². The van der Waals surface area contributed by atoms with Gasteiger partial charge in [-0.05, 0) is 34.9 Å². The van der Waals surface area contributed by atoms with Crippen molar-refractivity contribution >= 4 is 28.4 Å². The molecule has 3 N–H and O–H groups in total. The van der Waals surface area contributed by atoms with Crippen molar-refractivity contribution in [2.75, 3.05) is 5.32 Å². The van der Waals surface area contributed by atoms with Crippen LogP contribution in [-0.2, 0) is 16.0 Å². The number of carbonyl (C=O) groups excluding carboxylic acids is 2. The smallest absolute Gasteiger partial charge is 0.247 e. The Kier molecular flexibility index (Phi) is 6.90. The molecule has 1 heterocycles. The molecule has 0 unspecified atom stereocenters. The van der Waals surface area contributed by atoms with Gasteiger partial charge >= 0.3 is 0 Å². The fraction of sp³-hybridized carbons (Fsp3) is 0.0968.